The summed E-state index contributed by atoms with van der Waals surface area (Å²) in [6.45, 7) is 9.06. The van der Waals surface area contributed by atoms with Crippen LogP contribution in [0.15, 0.2) is 23.8 Å². The van der Waals surface area contributed by atoms with Crippen LogP contribution in [-0.4, -0.2) is 11.7 Å². The lowest BCUT2D eigenvalue weighted by molar-refractivity contribution is -0.0568. The number of hydrogen-bond acceptors (Lipinski definition) is 1. The first kappa shape index (κ1) is 11.9. The van der Waals surface area contributed by atoms with Gasteiger partial charge in [-0.25, -0.2) is 0 Å². The first-order valence-corrected chi connectivity index (χ1v) is 6.51. The smallest absolute Gasteiger partial charge is 0.0487 e. The summed E-state index contributed by atoms with van der Waals surface area (Å²) in [6, 6.07) is 0. The summed E-state index contributed by atoms with van der Waals surface area (Å²) in [4.78, 5) is 0. The molecular weight excluding hydrogens is 196 g/mol. The Bertz CT molecular complexity index is 315. The van der Waals surface area contributed by atoms with Gasteiger partial charge in [0.15, 0.2) is 0 Å². The van der Waals surface area contributed by atoms with Crippen LogP contribution in [0.5, 0.6) is 0 Å². The molecule has 1 unspecified atom stereocenters. The van der Waals surface area contributed by atoms with Crippen LogP contribution in [0.25, 0.3) is 0 Å². The molecule has 0 radical (unpaired) electrons. The maximum atomic E-state index is 9.52. The van der Waals surface area contributed by atoms with Crippen LogP contribution >= 0.6 is 0 Å². The predicted molar refractivity (Wildman–Crippen MR) is 68.2 cm³/mol. The minimum Gasteiger partial charge on any atom is -0.396 e. The van der Waals surface area contributed by atoms with Gasteiger partial charge < -0.3 is 5.11 Å². The molecule has 0 saturated heterocycles. The molecule has 3 atom stereocenters. The molecule has 1 saturated carbocycles. The standard InChI is InChI=1S/C15H24O/c1-11-5-4-6-12(2)13-9-15(3,10-16)14(13)8-7-11/h5,13-14,16H,2,4,6-10H2,1,3H3/b11-5+/t13-,14+,15?/m0/s1. The molecule has 0 heterocycles. The Hall–Kier alpha value is -0.560. The second kappa shape index (κ2) is 4.37. The van der Waals surface area contributed by atoms with E-state index in [9.17, 15) is 5.11 Å². The molecule has 2 aliphatic carbocycles. The van der Waals surface area contributed by atoms with Crippen LogP contribution in [-0.2, 0) is 0 Å². The van der Waals surface area contributed by atoms with Gasteiger partial charge in [0.05, 0.1) is 0 Å². The summed E-state index contributed by atoms with van der Waals surface area (Å²) in [5.74, 6) is 1.34. The molecule has 0 bridgehead atoms. The molecule has 90 valence electrons. The van der Waals surface area contributed by atoms with Gasteiger partial charge in [-0.1, -0.05) is 30.7 Å². The fourth-order valence-corrected chi connectivity index (χ4v) is 3.46. The SMILES string of the molecule is C=C1CC/C=C(\C)CC[C@@H]2[C@H]1CC2(C)CO. The second-order valence-electron chi connectivity index (χ2n) is 6.02. The second-order valence-corrected chi connectivity index (χ2v) is 6.02. The van der Waals surface area contributed by atoms with Gasteiger partial charge in [0.2, 0.25) is 0 Å². The van der Waals surface area contributed by atoms with Crippen LogP contribution in [0, 0.1) is 17.3 Å². The number of hydrogen-bond donors (Lipinski definition) is 1. The van der Waals surface area contributed by atoms with Gasteiger partial charge >= 0.3 is 0 Å². The van der Waals surface area contributed by atoms with E-state index in [1.807, 2.05) is 0 Å². The van der Waals surface area contributed by atoms with E-state index in [-0.39, 0.29) is 5.41 Å². The summed E-state index contributed by atoms with van der Waals surface area (Å²) in [5, 5.41) is 9.52. The van der Waals surface area contributed by atoms with Crippen molar-refractivity contribution in [3.63, 3.8) is 0 Å². The van der Waals surface area contributed by atoms with Crippen molar-refractivity contribution in [2.45, 2.75) is 46.0 Å². The summed E-state index contributed by atoms with van der Waals surface area (Å²) >= 11 is 0. The molecular formula is C15H24O. The predicted octanol–water partition coefficient (Wildman–Crippen LogP) is 3.70. The first-order chi connectivity index (χ1) is 7.57. The van der Waals surface area contributed by atoms with Gasteiger partial charge in [-0.2, -0.15) is 0 Å². The highest BCUT2D eigenvalue weighted by Gasteiger charge is 2.50. The monoisotopic (exact) mass is 220 g/mol. The Morgan fingerprint density at radius 2 is 2.25 bits per heavy atom. The zero-order valence-electron chi connectivity index (χ0n) is 10.6. The zero-order chi connectivity index (χ0) is 11.8. The van der Waals surface area contributed by atoms with Crippen molar-refractivity contribution >= 4 is 0 Å². The van der Waals surface area contributed by atoms with E-state index in [4.69, 9.17) is 0 Å². The molecule has 1 fully saturated rings. The first-order valence-electron chi connectivity index (χ1n) is 6.51. The van der Waals surface area contributed by atoms with E-state index in [1.54, 1.807) is 0 Å². The molecule has 16 heavy (non-hydrogen) atoms. The Morgan fingerprint density at radius 1 is 1.50 bits per heavy atom. The summed E-state index contributed by atoms with van der Waals surface area (Å²) in [6.07, 6.45) is 8.23. The molecule has 0 spiro atoms. The third kappa shape index (κ3) is 1.98. The maximum Gasteiger partial charge on any atom is 0.0487 e. The van der Waals surface area contributed by atoms with Gasteiger partial charge in [-0.3, -0.25) is 0 Å². The molecule has 0 aromatic carbocycles. The van der Waals surface area contributed by atoms with Crippen LogP contribution in [0.3, 0.4) is 0 Å². The van der Waals surface area contributed by atoms with E-state index in [2.05, 4.69) is 26.5 Å². The largest absolute Gasteiger partial charge is 0.396 e. The number of allylic oxidation sites excluding steroid dienone is 3. The molecule has 2 aliphatic rings. The fourth-order valence-electron chi connectivity index (χ4n) is 3.46. The summed E-state index contributed by atoms with van der Waals surface area (Å²) < 4.78 is 0. The fraction of sp³-hybridized carbons (Fsp3) is 0.733. The average Bonchev–Trinajstić information content (AvgIpc) is 2.29. The van der Waals surface area contributed by atoms with E-state index in [0.29, 0.717) is 18.4 Å². The van der Waals surface area contributed by atoms with Crippen LogP contribution < -0.4 is 0 Å². The van der Waals surface area contributed by atoms with E-state index in [0.717, 1.165) is 19.3 Å². The minimum absolute atomic E-state index is 0.165. The molecule has 0 aliphatic heterocycles. The van der Waals surface area contributed by atoms with Crippen LogP contribution in [0.4, 0.5) is 0 Å². The Kier molecular flexibility index (Phi) is 3.25. The highest BCUT2D eigenvalue weighted by atomic mass is 16.3. The average molecular weight is 220 g/mol. The molecule has 1 nitrogen and oxygen atoms in total. The molecule has 1 N–H and O–H groups in total. The van der Waals surface area contributed by atoms with Gasteiger partial charge in [0, 0.05) is 6.61 Å². The maximum absolute atomic E-state index is 9.52. The Balaban J connectivity index is 2.13. The summed E-state index contributed by atoms with van der Waals surface area (Å²) in [7, 11) is 0. The van der Waals surface area contributed by atoms with Crippen molar-refractivity contribution in [2.75, 3.05) is 6.61 Å². The van der Waals surface area contributed by atoms with Crippen molar-refractivity contribution in [1.82, 2.24) is 0 Å². The third-order valence-electron chi connectivity index (χ3n) is 4.76. The van der Waals surface area contributed by atoms with Gasteiger partial charge in [-0.05, 0) is 56.3 Å². The van der Waals surface area contributed by atoms with Gasteiger partial charge in [0.25, 0.3) is 0 Å². The van der Waals surface area contributed by atoms with Crippen molar-refractivity contribution in [3.8, 4) is 0 Å². The normalized spacial score (nSPS) is 43.2. The Morgan fingerprint density at radius 3 is 2.94 bits per heavy atom. The number of fused-ring (bicyclic) bond motifs is 1. The minimum atomic E-state index is 0.165. The van der Waals surface area contributed by atoms with Crippen LogP contribution in [0.1, 0.15) is 46.0 Å². The number of aliphatic hydroxyl groups is 1. The third-order valence-corrected chi connectivity index (χ3v) is 4.76. The molecule has 1 heteroatoms. The lowest BCUT2D eigenvalue weighted by Crippen LogP contribution is -2.48. The van der Waals surface area contributed by atoms with Crippen molar-refractivity contribution in [3.05, 3.63) is 23.8 Å². The highest BCUT2D eigenvalue weighted by molar-refractivity contribution is 5.17. The van der Waals surface area contributed by atoms with Gasteiger partial charge in [0.1, 0.15) is 0 Å². The van der Waals surface area contributed by atoms with Crippen LogP contribution in [0.2, 0.25) is 0 Å². The molecule has 0 amide bonds. The van der Waals surface area contributed by atoms with Crippen molar-refractivity contribution < 1.29 is 5.11 Å². The van der Waals surface area contributed by atoms with Crippen molar-refractivity contribution in [2.24, 2.45) is 17.3 Å². The van der Waals surface area contributed by atoms with E-state index in [1.165, 1.54) is 24.0 Å². The molecule has 0 aromatic heterocycles. The summed E-state index contributed by atoms with van der Waals surface area (Å²) in [5.41, 5.74) is 3.10. The Labute approximate surface area is 99.3 Å². The number of aliphatic hydroxyl groups excluding tert-OH is 1. The van der Waals surface area contributed by atoms with Gasteiger partial charge in [-0.15, -0.1) is 0 Å². The topological polar surface area (TPSA) is 20.2 Å². The number of rotatable bonds is 1. The van der Waals surface area contributed by atoms with E-state index >= 15 is 0 Å². The lowest BCUT2D eigenvalue weighted by Gasteiger charge is -2.54. The van der Waals surface area contributed by atoms with E-state index < -0.39 is 0 Å². The molecule has 2 rings (SSSR count). The highest BCUT2D eigenvalue weighted by Crippen LogP contribution is 2.56. The van der Waals surface area contributed by atoms with Crippen molar-refractivity contribution in [1.29, 1.82) is 0 Å². The quantitative estimate of drug-likeness (QED) is 0.668. The molecule has 0 aromatic rings. The zero-order valence-corrected chi connectivity index (χ0v) is 10.6. The lowest BCUT2D eigenvalue weighted by atomic mass is 9.51.